The molecule has 0 bridgehead atoms. The highest BCUT2D eigenvalue weighted by Gasteiger charge is 2.11. The normalized spacial score (nSPS) is 12.2. The molecule has 150 valence electrons. The summed E-state index contributed by atoms with van der Waals surface area (Å²) < 4.78 is 35.6. The van der Waals surface area contributed by atoms with Gasteiger partial charge in [-0.3, -0.25) is 14.5 Å². The number of nitrogens with zero attached hydrogens (tertiary/aromatic N) is 2. The quantitative estimate of drug-likeness (QED) is 0.117. The summed E-state index contributed by atoms with van der Waals surface area (Å²) in [6.07, 6.45) is 2.69. The van der Waals surface area contributed by atoms with Gasteiger partial charge in [0.05, 0.1) is 30.0 Å². The molecule has 12 heteroatoms. The summed E-state index contributed by atoms with van der Waals surface area (Å²) in [5.41, 5.74) is 0.543. The molecule has 0 heterocycles. The molecule has 0 radical (unpaired) electrons. The van der Waals surface area contributed by atoms with Gasteiger partial charge in [0, 0.05) is 28.5 Å². The van der Waals surface area contributed by atoms with Gasteiger partial charge in [0.2, 0.25) is 0 Å². The summed E-state index contributed by atoms with van der Waals surface area (Å²) in [7, 11) is -4.38. The summed E-state index contributed by atoms with van der Waals surface area (Å²) in [6.45, 7) is 0.477. The van der Waals surface area contributed by atoms with E-state index < -0.39 is 10.1 Å². The van der Waals surface area contributed by atoms with Crippen LogP contribution in [0.5, 0.6) is 11.5 Å². The Labute approximate surface area is 164 Å². The van der Waals surface area contributed by atoms with Crippen molar-refractivity contribution in [3.05, 3.63) is 47.5 Å². The molecule has 0 aliphatic rings. The Morgan fingerprint density at radius 2 is 1.54 bits per heavy atom. The number of benzene rings is 2. The molecule has 0 spiro atoms. The molecule has 10 nitrogen and oxygen atoms in total. The van der Waals surface area contributed by atoms with Crippen molar-refractivity contribution in [3.8, 4) is 11.5 Å². The van der Waals surface area contributed by atoms with Gasteiger partial charge >= 0.3 is 0 Å². The van der Waals surface area contributed by atoms with E-state index in [4.69, 9.17) is 9.81 Å². The zero-order valence-electron chi connectivity index (χ0n) is 14.2. The van der Waals surface area contributed by atoms with Crippen molar-refractivity contribution in [1.82, 2.24) is 0 Å². The highest BCUT2D eigenvalue weighted by molar-refractivity contribution is 7.94. The fourth-order valence-corrected chi connectivity index (χ4v) is 2.90. The van der Waals surface area contributed by atoms with Crippen LogP contribution in [0.1, 0.15) is 11.1 Å². The van der Waals surface area contributed by atoms with Gasteiger partial charge in [-0.25, -0.2) is 5.26 Å². The standard InChI is InChI=1S/C16H16N2O8S2/c19-15-3-1-13(27-26-25-21)7-11(15)9-17-5-6-18-10-12-8-14(28(22,23)24)2-4-16(12)20/h1-4,7-10,19-21H,5-6H2,(H,22,23,24)/b17-9+,18-10+. The second kappa shape index (κ2) is 10.2. The zero-order chi connectivity index (χ0) is 20.6. The van der Waals surface area contributed by atoms with Crippen molar-refractivity contribution in [2.24, 2.45) is 9.98 Å². The van der Waals surface area contributed by atoms with Crippen molar-refractivity contribution in [1.29, 1.82) is 0 Å². The van der Waals surface area contributed by atoms with Crippen molar-refractivity contribution in [3.63, 3.8) is 0 Å². The molecule has 0 saturated carbocycles. The predicted octanol–water partition coefficient (Wildman–Crippen LogP) is 2.31. The van der Waals surface area contributed by atoms with Gasteiger partial charge in [0.25, 0.3) is 10.1 Å². The first kappa shape index (κ1) is 21.8. The first-order valence-electron chi connectivity index (χ1n) is 7.59. The van der Waals surface area contributed by atoms with Crippen molar-refractivity contribution >= 4 is 34.6 Å². The Morgan fingerprint density at radius 1 is 0.964 bits per heavy atom. The van der Waals surface area contributed by atoms with E-state index in [1.807, 2.05) is 0 Å². The van der Waals surface area contributed by atoms with Crippen LogP contribution in [-0.2, 0) is 19.5 Å². The molecule has 0 saturated heterocycles. The van der Waals surface area contributed by atoms with Crippen molar-refractivity contribution in [2.75, 3.05) is 13.1 Å². The first-order valence-corrected chi connectivity index (χ1v) is 9.77. The summed E-state index contributed by atoms with van der Waals surface area (Å²) >= 11 is 0.740. The molecule has 0 aliphatic carbocycles. The number of phenolic OH excluding ortho intramolecular Hbond substituents is 2. The SMILES string of the molecule is O=S(=O)(O)c1ccc(O)c(/C=N/CC/N=C/c2cc(SOOO)ccc2O)c1. The van der Waals surface area contributed by atoms with Crippen molar-refractivity contribution in [2.45, 2.75) is 9.79 Å². The molecule has 0 atom stereocenters. The molecule has 0 amide bonds. The Morgan fingerprint density at radius 3 is 2.11 bits per heavy atom. The fraction of sp³-hybridized carbons (Fsp3) is 0.125. The number of aliphatic imine (C=N–C) groups is 2. The lowest BCUT2D eigenvalue weighted by Crippen LogP contribution is -1.99. The second-order valence-electron chi connectivity index (χ2n) is 5.21. The number of phenols is 2. The van der Waals surface area contributed by atoms with Crippen LogP contribution in [0.3, 0.4) is 0 Å². The molecule has 0 unspecified atom stereocenters. The van der Waals surface area contributed by atoms with E-state index in [-0.39, 0.29) is 35.0 Å². The monoisotopic (exact) mass is 428 g/mol. The van der Waals surface area contributed by atoms with E-state index in [0.29, 0.717) is 10.5 Å². The molecule has 4 N–H and O–H groups in total. The maximum atomic E-state index is 11.1. The molecular formula is C16H16N2O8S2. The maximum absolute atomic E-state index is 11.1. The molecule has 2 rings (SSSR count). The predicted molar refractivity (Wildman–Crippen MR) is 102 cm³/mol. The van der Waals surface area contributed by atoms with E-state index in [2.05, 4.69) is 19.4 Å². The van der Waals surface area contributed by atoms with Crippen LogP contribution in [0.15, 0.2) is 56.2 Å². The van der Waals surface area contributed by atoms with Crippen LogP contribution in [0.4, 0.5) is 0 Å². The van der Waals surface area contributed by atoms with Gasteiger partial charge in [-0.1, -0.05) is 5.04 Å². The van der Waals surface area contributed by atoms with E-state index in [9.17, 15) is 18.6 Å². The number of hydrogen-bond acceptors (Lipinski definition) is 10. The van der Waals surface area contributed by atoms with Crippen LogP contribution in [-0.4, -0.2) is 54.0 Å². The molecule has 2 aromatic carbocycles. The summed E-state index contributed by atoms with van der Waals surface area (Å²) in [5.74, 6) is -0.193. The highest BCUT2D eigenvalue weighted by atomic mass is 32.2. The third kappa shape index (κ3) is 6.60. The fourth-order valence-electron chi connectivity index (χ4n) is 1.98. The zero-order valence-corrected chi connectivity index (χ0v) is 15.8. The van der Waals surface area contributed by atoms with Gasteiger partial charge < -0.3 is 10.2 Å². The largest absolute Gasteiger partial charge is 0.507 e. The second-order valence-corrected chi connectivity index (χ2v) is 7.41. The Balaban J connectivity index is 1.96. The van der Waals surface area contributed by atoms with E-state index in [0.717, 1.165) is 30.2 Å². The molecule has 2 aromatic rings. The van der Waals surface area contributed by atoms with Gasteiger partial charge in [-0.05, 0) is 36.4 Å². The van der Waals surface area contributed by atoms with Crippen LogP contribution in [0.25, 0.3) is 0 Å². The Bertz CT molecular complexity index is 977. The lowest BCUT2D eigenvalue weighted by atomic mass is 10.2. The minimum absolute atomic E-state index is 0.00605. The average Bonchev–Trinajstić information content (AvgIpc) is 2.65. The Kier molecular flexibility index (Phi) is 7.92. The average molecular weight is 428 g/mol. The molecular weight excluding hydrogens is 412 g/mol. The summed E-state index contributed by atoms with van der Waals surface area (Å²) in [5, 5.41) is 31.1. The van der Waals surface area contributed by atoms with Crippen LogP contribution >= 0.6 is 12.0 Å². The van der Waals surface area contributed by atoms with E-state index in [1.54, 1.807) is 12.1 Å². The van der Waals surface area contributed by atoms with Gasteiger partial charge in [0.1, 0.15) is 11.5 Å². The van der Waals surface area contributed by atoms with Gasteiger partial charge in [-0.2, -0.15) is 8.42 Å². The lowest BCUT2D eigenvalue weighted by molar-refractivity contribution is -0.432. The highest BCUT2D eigenvalue weighted by Crippen LogP contribution is 2.25. The number of rotatable bonds is 9. The molecule has 28 heavy (non-hydrogen) atoms. The molecule has 0 aromatic heterocycles. The minimum Gasteiger partial charge on any atom is -0.507 e. The first-order chi connectivity index (χ1) is 13.3. The minimum atomic E-state index is -4.38. The number of hydrogen-bond donors (Lipinski definition) is 4. The van der Waals surface area contributed by atoms with Gasteiger partial charge in [0.15, 0.2) is 0 Å². The summed E-state index contributed by atoms with van der Waals surface area (Å²) in [4.78, 5) is 8.34. The van der Waals surface area contributed by atoms with Gasteiger partial charge in [-0.15, -0.1) is 4.33 Å². The molecule has 0 fully saturated rings. The van der Waals surface area contributed by atoms with E-state index in [1.165, 1.54) is 18.5 Å². The number of aromatic hydroxyl groups is 2. The lowest BCUT2D eigenvalue weighted by Gasteiger charge is -2.02. The molecule has 0 aliphatic heterocycles. The van der Waals surface area contributed by atoms with Crippen LogP contribution in [0, 0.1) is 0 Å². The summed E-state index contributed by atoms with van der Waals surface area (Å²) in [6, 6.07) is 7.84. The third-order valence-electron chi connectivity index (χ3n) is 3.28. The Hall–Kier alpha value is -2.48. The smallest absolute Gasteiger partial charge is 0.294 e. The van der Waals surface area contributed by atoms with Crippen LogP contribution in [0.2, 0.25) is 0 Å². The van der Waals surface area contributed by atoms with Crippen LogP contribution < -0.4 is 0 Å². The topological polar surface area (TPSA) is 158 Å². The third-order valence-corrected chi connectivity index (χ3v) is 4.70. The van der Waals surface area contributed by atoms with E-state index >= 15 is 0 Å². The van der Waals surface area contributed by atoms with Crippen molar-refractivity contribution < 1.29 is 37.8 Å². The maximum Gasteiger partial charge on any atom is 0.294 e.